The molecule has 0 saturated heterocycles. The second-order valence-electron chi connectivity index (χ2n) is 5.40. The van der Waals surface area contributed by atoms with Gasteiger partial charge in [0.1, 0.15) is 5.76 Å². The van der Waals surface area contributed by atoms with Gasteiger partial charge in [0.15, 0.2) is 0 Å². The van der Waals surface area contributed by atoms with E-state index in [9.17, 15) is 0 Å². The van der Waals surface area contributed by atoms with E-state index in [1.54, 1.807) is 0 Å². The van der Waals surface area contributed by atoms with Gasteiger partial charge in [-0.05, 0) is 41.7 Å². The molecule has 0 bridgehead atoms. The van der Waals surface area contributed by atoms with Crippen molar-refractivity contribution in [2.24, 2.45) is 0 Å². The standard InChI is InChI=1S/C19H21O/c1-3-7-14-11-12-20-19(14)18-13-15-9-5-6-10-16(15)17(18)8-4-2/h5-6,9-13H,3-4,7-8H2,1-2H3. The fraction of sp³-hybridized carbons (Fsp3) is 0.316. The lowest BCUT2D eigenvalue weighted by atomic mass is 9.89. The molecule has 3 rings (SSSR count). The van der Waals surface area contributed by atoms with Gasteiger partial charge in [0.25, 0.3) is 0 Å². The molecule has 0 spiro atoms. The Balaban J connectivity index is 2.02. The SMILES string of the molecule is CCC[C]1C(c2occc2CCC)=Cc2ccccc21. The molecule has 1 nitrogen and oxygen atoms in total. The molecule has 1 aliphatic rings. The molecular formula is C19H21O. The minimum absolute atomic E-state index is 1.08. The maximum atomic E-state index is 5.82. The van der Waals surface area contributed by atoms with Gasteiger partial charge in [-0.3, -0.25) is 0 Å². The van der Waals surface area contributed by atoms with Gasteiger partial charge in [-0.25, -0.2) is 0 Å². The number of hydrogen-bond donors (Lipinski definition) is 0. The smallest absolute Gasteiger partial charge is 0.133 e. The molecule has 103 valence electrons. The summed E-state index contributed by atoms with van der Waals surface area (Å²) < 4.78 is 5.82. The molecule has 0 atom stereocenters. The third-order valence-electron chi connectivity index (χ3n) is 3.92. The number of allylic oxidation sites excluding steroid dienone is 1. The van der Waals surface area contributed by atoms with Crippen molar-refractivity contribution in [1.29, 1.82) is 0 Å². The second kappa shape index (κ2) is 5.70. The lowest BCUT2D eigenvalue weighted by Gasteiger charge is -2.14. The fourth-order valence-electron chi connectivity index (χ4n) is 3.05. The van der Waals surface area contributed by atoms with E-state index >= 15 is 0 Å². The van der Waals surface area contributed by atoms with Crippen LogP contribution in [0.25, 0.3) is 11.6 Å². The summed E-state index contributed by atoms with van der Waals surface area (Å²) >= 11 is 0. The minimum Gasteiger partial charge on any atom is -0.464 e. The zero-order valence-corrected chi connectivity index (χ0v) is 12.3. The molecule has 0 unspecified atom stereocenters. The highest BCUT2D eigenvalue weighted by molar-refractivity contribution is 5.97. The molecule has 20 heavy (non-hydrogen) atoms. The summed E-state index contributed by atoms with van der Waals surface area (Å²) in [6, 6.07) is 10.8. The first-order valence-electron chi connectivity index (χ1n) is 7.59. The highest BCUT2D eigenvalue weighted by Crippen LogP contribution is 2.44. The summed E-state index contributed by atoms with van der Waals surface area (Å²) in [4.78, 5) is 0. The van der Waals surface area contributed by atoms with Gasteiger partial charge in [0.05, 0.1) is 6.26 Å². The first kappa shape index (κ1) is 13.2. The van der Waals surface area contributed by atoms with Crippen LogP contribution in [0.1, 0.15) is 55.6 Å². The largest absolute Gasteiger partial charge is 0.464 e. The van der Waals surface area contributed by atoms with Crippen LogP contribution in [0.5, 0.6) is 0 Å². The Hall–Kier alpha value is -1.76. The first-order chi connectivity index (χ1) is 9.85. The minimum atomic E-state index is 1.08. The molecule has 0 saturated carbocycles. The van der Waals surface area contributed by atoms with Crippen LogP contribution < -0.4 is 0 Å². The molecule has 1 heterocycles. The molecule has 1 radical (unpaired) electrons. The van der Waals surface area contributed by atoms with Crippen LogP contribution in [0.3, 0.4) is 0 Å². The number of furan rings is 1. The van der Waals surface area contributed by atoms with E-state index in [1.807, 2.05) is 6.26 Å². The topological polar surface area (TPSA) is 13.1 Å². The van der Waals surface area contributed by atoms with E-state index in [-0.39, 0.29) is 0 Å². The summed E-state index contributed by atoms with van der Waals surface area (Å²) in [5.41, 5.74) is 5.33. The van der Waals surface area contributed by atoms with Crippen molar-refractivity contribution in [2.75, 3.05) is 0 Å². The van der Waals surface area contributed by atoms with E-state index < -0.39 is 0 Å². The van der Waals surface area contributed by atoms with Crippen LogP contribution in [-0.2, 0) is 6.42 Å². The molecule has 0 amide bonds. The number of fused-ring (bicyclic) bond motifs is 1. The Morgan fingerprint density at radius 1 is 0.950 bits per heavy atom. The Morgan fingerprint density at radius 3 is 2.55 bits per heavy atom. The van der Waals surface area contributed by atoms with E-state index in [1.165, 1.54) is 28.2 Å². The van der Waals surface area contributed by atoms with Crippen LogP contribution in [0.2, 0.25) is 0 Å². The normalized spacial score (nSPS) is 14.4. The van der Waals surface area contributed by atoms with Crippen molar-refractivity contribution in [3.8, 4) is 0 Å². The number of benzene rings is 1. The zero-order valence-electron chi connectivity index (χ0n) is 12.3. The number of rotatable bonds is 5. The average Bonchev–Trinajstić information content (AvgIpc) is 3.05. The van der Waals surface area contributed by atoms with Crippen molar-refractivity contribution in [3.63, 3.8) is 0 Å². The zero-order chi connectivity index (χ0) is 13.9. The summed E-state index contributed by atoms with van der Waals surface area (Å²) in [7, 11) is 0. The lowest BCUT2D eigenvalue weighted by Crippen LogP contribution is -2.00. The summed E-state index contributed by atoms with van der Waals surface area (Å²) in [6.07, 6.45) is 8.61. The van der Waals surface area contributed by atoms with Gasteiger partial charge in [0.2, 0.25) is 0 Å². The summed E-state index contributed by atoms with van der Waals surface area (Å²) in [5, 5.41) is 0. The monoisotopic (exact) mass is 265 g/mol. The predicted octanol–water partition coefficient (Wildman–Crippen LogP) is 5.51. The van der Waals surface area contributed by atoms with Crippen molar-refractivity contribution >= 4 is 11.6 Å². The Kier molecular flexibility index (Phi) is 3.77. The maximum absolute atomic E-state index is 5.82. The molecule has 0 N–H and O–H groups in total. The van der Waals surface area contributed by atoms with Crippen LogP contribution in [0.4, 0.5) is 0 Å². The molecular weight excluding hydrogens is 244 g/mol. The third kappa shape index (κ3) is 2.22. The van der Waals surface area contributed by atoms with E-state index in [2.05, 4.69) is 50.3 Å². The van der Waals surface area contributed by atoms with Crippen LogP contribution in [0.15, 0.2) is 41.0 Å². The predicted molar refractivity (Wildman–Crippen MR) is 84.3 cm³/mol. The number of hydrogen-bond acceptors (Lipinski definition) is 1. The van der Waals surface area contributed by atoms with Crippen LogP contribution in [-0.4, -0.2) is 0 Å². The highest BCUT2D eigenvalue weighted by Gasteiger charge is 2.28. The van der Waals surface area contributed by atoms with Crippen molar-refractivity contribution in [2.45, 2.75) is 39.5 Å². The highest BCUT2D eigenvalue weighted by atomic mass is 16.3. The van der Waals surface area contributed by atoms with Gasteiger partial charge in [-0.1, -0.05) is 51.0 Å². The van der Waals surface area contributed by atoms with Gasteiger partial charge < -0.3 is 4.42 Å². The van der Waals surface area contributed by atoms with E-state index in [0.29, 0.717) is 0 Å². The van der Waals surface area contributed by atoms with Crippen LogP contribution in [0, 0.1) is 5.92 Å². The quantitative estimate of drug-likeness (QED) is 0.694. The summed E-state index contributed by atoms with van der Waals surface area (Å²) in [6.45, 7) is 4.45. The van der Waals surface area contributed by atoms with Gasteiger partial charge in [-0.15, -0.1) is 0 Å². The van der Waals surface area contributed by atoms with E-state index in [4.69, 9.17) is 4.42 Å². The maximum Gasteiger partial charge on any atom is 0.133 e. The Bertz CT molecular complexity index is 618. The molecule has 0 fully saturated rings. The molecule has 0 aliphatic heterocycles. The van der Waals surface area contributed by atoms with Gasteiger partial charge in [-0.2, -0.15) is 0 Å². The molecule has 1 aliphatic carbocycles. The van der Waals surface area contributed by atoms with Crippen molar-refractivity contribution in [3.05, 3.63) is 65.0 Å². The molecule has 1 aromatic heterocycles. The Labute approximate surface area is 121 Å². The molecule has 1 heteroatoms. The average molecular weight is 265 g/mol. The summed E-state index contributed by atoms with van der Waals surface area (Å²) in [5.74, 6) is 2.52. The third-order valence-corrected chi connectivity index (χ3v) is 3.92. The lowest BCUT2D eigenvalue weighted by molar-refractivity contribution is 0.547. The first-order valence-corrected chi connectivity index (χ1v) is 7.59. The molecule has 1 aromatic carbocycles. The van der Waals surface area contributed by atoms with E-state index in [0.717, 1.165) is 31.4 Å². The van der Waals surface area contributed by atoms with Crippen molar-refractivity contribution in [1.82, 2.24) is 0 Å². The van der Waals surface area contributed by atoms with Gasteiger partial charge in [0, 0.05) is 11.5 Å². The van der Waals surface area contributed by atoms with Gasteiger partial charge >= 0.3 is 0 Å². The number of aryl methyl sites for hydroxylation is 1. The second-order valence-corrected chi connectivity index (χ2v) is 5.40. The fourth-order valence-corrected chi connectivity index (χ4v) is 3.05. The molecule has 2 aromatic rings. The van der Waals surface area contributed by atoms with Crippen molar-refractivity contribution < 1.29 is 4.42 Å². The Morgan fingerprint density at radius 2 is 1.75 bits per heavy atom. The van der Waals surface area contributed by atoms with Crippen LogP contribution >= 0.6 is 0 Å².